The van der Waals surface area contributed by atoms with Crippen LogP contribution in [0.4, 0.5) is 11.4 Å². The quantitative estimate of drug-likeness (QED) is 0.712. The van der Waals surface area contributed by atoms with Crippen LogP contribution in [0.2, 0.25) is 5.02 Å². The summed E-state index contributed by atoms with van der Waals surface area (Å²) in [5.74, 6) is 0. The smallest absolute Gasteiger partial charge is 0.0646 e. The molecule has 3 heteroatoms. The van der Waals surface area contributed by atoms with Crippen molar-refractivity contribution in [3.05, 3.63) is 70.7 Å². The predicted octanol–water partition coefficient (Wildman–Crippen LogP) is 4.95. The standard InChI is InChI=1S/C21H21ClN2/c1-24(18-8-6-15-4-2-3-5-17(15)14-18)21-19-11-13-23-12-10-16(19)7-9-20(21)22/h2-9,14,23H,10-13H2,1H3. The highest BCUT2D eigenvalue weighted by molar-refractivity contribution is 6.33. The minimum atomic E-state index is 0.825. The van der Waals surface area contributed by atoms with E-state index in [9.17, 15) is 0 Å². The molecular weight excluding hydrogens is 316 g/mol. The zero-order valence-electron chi connectivity index (χ0n) is 13.8. The van der Waals surface area contributed by atoms with E-state index < -0.39 is 0 Å². The van der Waals surface area contributed by atoms with Crippen molar-refractivity contribution in [2.75, 3.05) is 25.0 Å². The van der Waals surface area contributed by atoms with E-state index in [1.807, 2.05) is 6.07 Å². The lowest BCUT2D eigenvalue weighted by atomic mass is 9.99. The van der Waals surface area contributed by atoms with E-state index in [0.717, 1.165) is 36.6 Å². The van der Waals surface area contributed by atoms with E-state index in [4.69, 9.17) is 11.6 Å². The van der Waals surface area contributed by atoms with Crippen LogP contribution in [0.25, 0.3) is 10.8 Å². The van der Waals surface area contributed by atoms with Crippen LogP contribution in [0.1, 0.15) is 11.1 Å². The summed E-state index contributed by atoms with van der Waals surface area (Å²) in [7, 11) is 2.12. The number of hydrogen-bond donors (Lipinski definition) is 1. The van der Waals surface area contributed by atoms with Crippen LogP contribution in [-0.4, -0.2) is 20.1 Å². The van der Waals surface area contributed by atoms with Gasteiger partial charge >= 0.3 is 0 Å². The van der Waals surface area contributed by atoms with Gasteiger partial charge in [-0.2, -0.15) is 0 Å². The van der Waals surface area contributed by atoms with Crippen LogP contribution in [-0.2, 0) is 12.8 Å². The van der Waals surface area contributed by atoms with Crippen LogP contribution in [0.5, 0.6) is 0 Å². The van der Waals surface area contributed by atoms with Crippen LogP contribution in [0, 0.1) is 0 Å². The molecule has 4 rings (SSSR count). The fourth-order valence-electron chi connectivity index (χ4n) is 3.60. The molecule has 3 aromatic rings. The fraction of sp³-hybridized carbons (Fsp3) is 0.238. The van der Waals surface area contributed by atoms with Gasteiger partial charge in [-0.05, 0) is 66.0 Å². The zero-order valence-corrected chi connectivity index (χ0v) is 14.6. The molecule has 1 N–H and O–H groups in total. The van der Waals surface area contributed by atoms with Crippen molar-refractivity contribution in [3.63, 3.8) is 0 Å². The molecule has 1 heterocycles. The SMILES string of the molecule is CN(c1ccc2ccccc2c1)c1c(Cl)ccc2c1CCNCC2. The molecule has 0 aromatic heterocycles. The average molecular weight is 337 g/mol. The molecule has 0 saturated carbocycles. The van der Waals surface area contributed by atoms with Gasteiger partial charge in [-0.3, -0.25) is 0 Å². The maximum Gasteiger partial charge on any atom is 0.0646 e. The minimum Gasteiger partial charge on any atom is -0.343 e. The molecule has 0 radical (unpaired) electrons. The molecule has 1 aliphatic heterocycles. The molecule has 0 bridgehead atoms. The van der Waals surface area contributed by atoms with Gasteiger partial charge < -0.3 is 10.2 Å². The molecular formula is C21H21ClN2. The first-order valence-corrected chi connectivity index (χ1v) is 8.85. The maximum absolute atomic E-state index is 6.62. The molecule has 0 unspecified atom stereocenters. The van der Waals surface area contributed by atoms with E-state index >= 15 is 0 Å². The van der Waals surface area contributed by atoms with Gasteiger partial charge in [0.25, 0.3) is 0 Å². The summed E-state index contributed by atoms with van der Waals surface area (Å²) in [4.78, 5) is 2.24. The Morgan fingerprint density at radius 2 is 1.71 bits per heavy atom. The Labute approximate surface area is 148 Å². The Balaban J connectivity index is 1.82. The van der Waals surface area contributed by atoms with Crippen LogP contribution >= 0.6 is 11.6 Å². The van der Waals surface area contributed by atoms with Gasteiger partial charge in [-0.1, -0.05) is 48.0 Å². The number of nitrogens with zero attached hydrogens (tertiary/aromatic N) is 1. The number of benzene rings is 3. The Hall–Kier alpha value is -2.03. The Bertz CT molecular complexity index is 888. The number of anilines is 2. The maximum atomic E-state index is 6.62. The van der Waals surface area contributed by atoms with E-state index in [0.29, 0.717) is 0 Å². The highest BCUT2D eigenvalue weighted by atomic mass is 35.5. The largest absolute Gasteiger partial charge is 0.343 e. The normalized spacial score (nSPS) is 14.2. The first-order chi connectivity index (χ1) is 11.7. The number of nitrogens with one attached hydrogen (secondary N) is 1. The summed E-state index contributed by atoms with van der Waals surface area (Å²) in [5.41, 5.74) is 5.10. The third-order valence-electron chi connectivity index (χ3n) is 4.91. The topological polar surface area (TPSA) is 15.3 Å². The van der Waals surface area contributed by atoms with E-state index in [1.165, 1.54) is 27.6 Å². The van der Waals surface area contributed by atoms with Crippen molar-refractivity contribution in [2.24, 2.45) is 0 Å². The molecule has 0 saturated heterocycles. The third kappa shape index (κ3) is 2.77. The average Bonchev–Trinajstić information content (AvgIpc) is 2.86. The molecule has 0 atom stereocenters. The van der Waals surface area contributed by atoms with Gasteiger partial charge in [-0.25, -0.2) is 0 Å². The summed E-state index contributed by atoms with van der Waals surface area (Å²) < 4.78 is 0. The molecule has 0 amide bonds. The highest BCUT2D eigenvalue weighted by Crippen LogP contribution is 2.37. The van der Waals surface area contributed by atoms with Gasteiger partial charge in [0.15, 0.2) is 0 Å². The zero-order chi connectivity index (χ0) is 16.5. The number of hydrogen-bond acceptors (Lipinski definition) is 2. The second-order valence-corrected chi connectivity index (χ2v) is 6.78. The summed E-state index contributed by atoms with van der Waals surface area (Å²) in [6.45, 7) is 2.04. The molecule has 1 aliphatic rings. The number of rotatable bonds is 2. The number of fused-ring (bicyclic) bond motifs is 2. The highest BCUT2D eigenvalue weighted by Gasteiger charge is 2.18. The Morgan fingerprint density at radius 1 is 0.917 bits per heavy atom. The summed E-state index contributed by atoms with van der Waals surface area (Å²) >= 11 is 6.62. The van der Waals surface area contributed by atoms with E-state index in [1.54, 1.807) is 0 Å². The molecule has 0 fully saturated rings. The summed E-state index contributed by atoms with van der Waals surface area (Å²) in [5, 5.41) is 6.82. The molecule has 0 aliphatic carbocycles. The molecule has 3 aromatic carbocycles. The van der Waals surface area contributed by atoms with Crippen molar-refractivity contribution >= 4 is 33.7 Å². The van der Waals surface area contributed by atoms with Gasteiger partial charge in [-0.15, -0.1) is 0 Å². The summed E-state index contributed by atoms with van der Waals surface area (Å²) in [6.07, 6.45) is 2.08. The minimum absolute atomic E-state index is 0.825. The van der Waals surface area contributed by atoms with Gasteiger partial charge in [0, 0.05) is 12.7 Å². The molecule has 122 valence electrons. The van der Waals surface area contributed by atoms with Gasteiger partial charge in [0.05, 0.1) is 10.7 Å². The molecule has 2 nitrogen and oxygen atoms in total. The van der Waals surface area contributed by atoms with Crippen molar-refractivity contribution in [3.8, 4) is 0 Å². The van der Waals surface area contributed by atoms with Crippen LogP contribution in [0.3, 0.4) is 0 Å². The van der Waals surface area contributed by atoms with Crippen molar-refractivity contribution < 1.29 is 0 Å². The van der Waals surface area contributed by atoms with Crippen molar-refractivity contribution in [1.29, 1.82) is 0 Å². The van der Waals surface area contributed by atoms with Gasteiger partial charge in [0.1, 0.15) is 0 Å². The van der Waals surface area contributed by atoms with E-state index in [-0.39, 0.29) is 0 Å². The first-order valence-electron chi connectivity index (χ1n) is 8.47. The second kappa shape index (κ2) is 6.46. The third-order valence-corrected chi connectivity index (χ3v) is 5.21. The second-order valence-electron chi connectivity index (χ2n) is 6.37. The van der Waals surface area contributed by atoms with Crippen LogP contribution < -0.4 is 10.2 Å². The Kier molecular flexibility index (Phi) is 4.17. The van der Waals surface area contributed by atoms with Crippen molar-refractivity contribution in [2.45, 2.75) is 12.8 Å². The lowest BCUT2D eigenvalue weighted by molar-refractivity contribution is 0.711. The lowest BCUT2D eigenvalue weighted by Crippen LogP contribution is -2.17. The molecule has 0 spiro atoms. The van der Waals surface area contributed by atoms with Crippen molar-refractivity contribution in [1.82, 2.24) is 5.32 Å². The van der Waals surface area contributed by atoms with Gasteiger partial charge in [0.2, 0.25) is 0 Å². The lowest BCUT2D eigenvalue weighted by Gasteiger charge is -2.25. The summed E-state index contributed by atoms with van der Waals surface area (Å²) in [6, 6.07) is 19.3. The molecule has 24 heavy (non-hydrogen) atoms. The fourth-order valence-corrected chi connectivity index (χ4v) is 3.91. The monoisotopic (exact) mass is 336 g/mol. The predicted molar refractivity (Wildman–Crippen MR) is 104 cm³/mol. The first kappa shape index (κ1) is 15.5. The number of halogens is 1. The van der Waals surface area contributed by atoms with E-state index in [2.05, 4.69) is 65.8 Å². The van der Waals surface area contributed by atoms with Crippen LogP contribution in [0.15, 0.2) is 54.6 Å². The Morgan fingerprint density at radius 3 is 2.58 bits per heavy atom.